The number of rotatable bonds is 10. The van der Waals surface area contributed by atoms with Crippen LogP contribution in [-0.4, -0.2) is 60.4 Å². The van der Waals surface area contributed by atoms with Gasteiger partial charge in [0.15, 0.2) is 6.10 Å². The second kappa shape index (κ2) is 12.7. The number of nitrogens with zero attached hydrogens (tertiary/aromatic N) is 1. The van der Waals surface area contributed by atoms with Crippen LogP contribution in [0.15, 0.2) is 66.4 Å². The van der Waals surface area contributed by atoms with E-state index >= 15 is 0 Å². The molecule has 2 N–H and O–H groups in total. The Bertz CT molecular complexity index is 1210. The number of hydrogen-bond acceptors (Lipinski definition) is 6. The summed E-state index contributed by atoms with van der Waals surface area (Å²) in [5, 5.41) is 5.44. The zero-order valence-corrected chi connectivity index (χ0v) is 22.5. The van der Waals surface area contributed by atoms with Crippen molar-refractivity contribution in [3.8, 4) is 0 Å². The Hall–Kier alpha value is -3.98. The maximum absolute atomic E-state index is 13.5. The van der Waals surface area contributed by atoms with E-state index in [-0.39, 0.29) is 23.6 Å². The molecule has 0 aromatic heterocycles. The molecule has 0 unspecified atom stereocenters. The molecule has 2 aromatic rings. The van der Waals surface area contributed by atoms with Crippen LogP contribution in [0.5, 0.6) is 0 Å². The Labute approximate surface area is 228 Å². The topological polar surface area (TPSA) is 117 Å². The Morgan fingerprint density at radius 1 is 1.05 bits per heavy atom. The molecular formula is C30H35N3O6. The largest absolute Gasteiger partial charge is 0.467 e. The zero-order valence-electron chi connectivity index (χ0n) is 22.5. The number of methoxy groups -OCH3 is 1. The molecule has 2 aromatic carbocycles. The minimum atomic E-state index is -0.870. The van der Waals surface area contributed by atoms with Crippen LogP contribution in [0, 0.1) is 5.92 Å². The first-order chi connectivity index (χ1) is 18.8. The molecule has 0 spiro atoms. The molecule has 0 radical (unpaired) electrons. The van der Waals surface area contributed by atoms with Gasteiger partial charge >= 0.3 is 5.97 Å². The second-order valence-corrected chi connectivity index (χ2v) is 10.2. The molecule has 2 aliphatic rings. The van der Waals surface area contributed by atoms with E-state index in [9.17, 15) is 19.2 Å². The van der Waals surface area contributed by atoms with Gasteiger partial charge in [0.1, 0.15) is 23.9 Å². The Morgan fingerprint density at radius 3 is 2.36 bits per heavy atom. The summed E-state index contributed by atoms with van der Waals surface area (Å²) >= 11 is 0. The summed E-state index contributed by atoms with van der Waals surface area (Å²) in [5.74, 6) is -1.76. The quantitative estimate of drug-likeness (QED) is 0.276. The van der Waals surface area contributed by atoms with Gasteiger partial charge in [0, 0.05) is 6.54 Å². The molecule has 3 amide bonds. The number of carbonyl (C=O) groups is 4. The molecule has 0 aliphatic carbocycles. The third-order valence-corrected chi connectivity index (χ3v) is 6.81. The molecule has 9 heteroatoms. The first kappa shape index (κ1) is 28.0. The number of epoxide rings is 1. The lowest BCUT2D eigenvalue weighted by molar-refractivity contribution is -0.145. The Balaban J connectivity index is 1.49. The summed E-state index contributed by atoms with van der Waals surface area (Å²) in [6, 6.07) is 17.0. The smallest absolute Gasteiger partial charge is 0.328 e. The van der Waals surface area contributed by atoms with E-state index in [0.717, 1.165) is 5.56 Å². The molecule has 2 heterocycles. The predicted octanol–water partition coefficient (Wildman–Crippen LogP) is 2.98. The van der Waals surface area contributed by atoms with Gasteiger partial charge in [0.2, 0.25) is 5.91 Å². The SMILES string of the molecule is COC(=O)[C@H](CC(C)C)NC(=O)/C(=C/c1ccccc1)NC(=O)[C@@H]1CCCN1C(=O)[C@@H]1O[C@@H]1c1ccccc1. The first-order valence-corrected chi connectivity index (χ1v) is 13.3. The molecule has 206 valence electrons. The van der Waals surface area contributed by atoms with E-state index in [2.05, 4.69) is 10.6 Å². The zero-order chi connectivity index (χ0) is 27.9. The number of amides is 3. The van der Waals surface area contributed by atoms with Crippen LogP contribution < -0.4 is 10.6 Å². The fraction of sp³-hybridized carbons (Fsp3) is 0.400. The fourth-order valence-corrected chi connectivity index (χ4v) is 4.82. The summed E-state index contributed by atoms with van der Waals surface area (Å²) in [4.78, 5) is 53.9. The van der Waals surface area contributed by atoms with E-state index < -0.39 is 36.0 Å². The summed E-state index contributed by atoms with van der Waals surface area (Å²) in [5.41, 5.74) is 1.59. The third-order valence-electron chi connectivity index (χ3n) is 6.81. The Kier molecular flexibility index (Phi) is 9.14. The average molecular weight is 534 g/mol. The van der Waals surface area contributed by atoms with Gasteiger partial charge in [-0.3, -0.25) is 14.4 Å². The van der Waals surface area contributed by atoms with E-state index in [1.165, 1.54) is 12.0 Å². The molecule has 2 saturated heterocycles. The van der Waals surface area contributed by atoms with Crippen LogP contribution in [0.25, 0.3) is 6.08 Å². The van der Waals surface area contributed by atoms with E-state index in [1.807, 2.05) is 62.4 Å². The van der Waals surface area contributed by atoms with Gasteiger partial charge in [-0.15, -0.1) is 0 Å². The highest BCUT2D eigenvalue weighted by Crippen LogP contribution is 2.40. The van der Waals surface area contributed by atoms with Crippen molar-refractivity contribution in [2.75, 3.05) is 13.7 Å². The third kappa shape index (κ3) is 7.11. The number of hydrogen-bond donors (Lipinski definition) is 2. The summed E-state index contributed by atoms with van der Waals surface area (Å²) < 4.78 is 10.5. The molecule has 0 saturated carbocycles. The molecule has 2 fully saturated rings. The van der Waals surface area contributed by atoms with Crippen LogP contribution in [-0.2, 0) is 28.7 Å². The number of ether oxygens (including phenoxy) is 2. The number of nitrogens with one attached hydrogen (secondary N) is 2. The normalized spacial score (nSPS) is 21.3. The predicted molar refractivity (Wildman–Crippen MR) is 145 cm³/mol. The van der Waals surface area contributed by atoms with Crippen LogP contribution in [0.3, 0.4) is 0 Å². The summed E-state index contributed by atoms with van der Waals surface area (Å²) in [7, 11) is 1.27. The lowest BCUT2D eigenvalue weighted by atomic mass is 10.0. The lowest BCUT2D eigenvalue weighted by Crippen LogP contribution is -2.50. The standard InChI is InChI=1S/C30H35N3O6/c1-19(2)17-23(30(37)38-3)32-27(34)22(18-20-11-6-4-7-12-20)31-28(35)24-15-10-16-33(24)29(36)26-25(39-26)21-13-8-5-9-14-21/h4-9,11-14,18-19,23-26H,10,15-17H2,1-3H3,(H,31,35)(H,32,34)/b22-18-/t23-,24-,25+,26+/m0/s1. The lowest BCUT2D eigenvalue weighted by Gasteiger charge is -2.24. The average Bonchev–Trinajstić information content (AvgIpc) is 3.59. The molecule has 2 aliphatic heterocycles. The molecule has 4 rings (SSSR count). The van der Waals surface area contributed by atoms with Crippen molar-refractivity contribution in [1.82, 2.24) is 15.5 Å². The first-order valence-electron chi connectivity index (χ1n) is 13.3. The van der Waals surface area contributed by atoms with Gasteiger partial charge in [-0.25, -0.2) is 4.79 Å². The van der Waals surface area contributed by atoms with Gasteiger partial charge in [-0.1, -0.05) is 74.5 Å². The minimum Gasteiger partial charge on any atom is -0.467 e. The van der Waals surface area contributed by atoms with Crippen LogP contribution >= 0.6 is 0 Å². The number of benzene rings is 2. The molecule has 0 bridgehead atoms. The van der Waals surface area contributed by atoms with Crippen LogP contribution in [0.2, 0.25) is 0 Å². The number of likely N-dealkylation sites (tertiary alicyclic amines) is 1. The highest BCUT2D eigenvalue weighted by atomic mass is 16.6. The van der Waals surface area contributed by atoms with E-state index in [0.29, 0.717) is 31.4 Å². The maximum atomic E-state index is 13.5. The summed E-state index contributed by atoms with van der Waals surface area (Å²) in [6.07, 6.45) is 2.11. The minimum absolute atomic E-state index is 0.0204. The van der Waals surface area contributed by atoms with Gasteiger partial charge in [0.25, 0.3) is 11.8 Å². The van der Waals surface area contributed by atoms with Gasteiger partial charge in [-0.2, -0.15) is 0 Å². The van der Waals surface area contributed by atoms with Crippen molar-refractivity contribution in [3.63, 3.8) is 0 Å². The van der Waals surface area contributed by atoms with Gasteiger partial charge in [-0.05, 0) is 42.4 Å². The molecule has 4 atom stereocenters. The Morgan fingerprint density at radius 2 is 1.72 bits per heavy atom. The van der Waals surface area contributed by atoms with Crippen molar-refractivity contribution in [2.45, 2.75) is 57.4 Å². The fourth-order valence-electron chi connectivity index (χ4n) is 4.82. The highest BCUT2D eigenvalue weighted by Gasteiger charge is 2.50. The van der Waals surface area contributed by atoms with Gasteiger partial charge < -0.3 is 25.0 Å². The maximum Gasteiger partial charge on any atom is 0.328 e. The van der Waals surface area contributed by atoms with Crippen LogP contribution in [0.1, 0.15) is 50.3 Å². The second-order valence-electron chi connectivity index (χ2n) is 10.2. The van der Waals surface area contributed by atoms with Crippen molar-refractivity contribution < 1.29 is 28.7 Å². The van der Waals surface area contributed by atoms with Crippen molar-refractivity contribution in [2.24, 2.45) is 5.92 Å². The highest BCUT2D eigenvalue weighted by molar-refractivity contribution is 6.04. The van der Waals surface area contributed by atoms with Crippen LogP contribution in [0.4, 0.5) is 0 Å². The van der Waals surface area contributed by atoms with Crippen molar-refractivity contribution in [3.05, 3.63) is 77.5 Å². The number of esters is 1. The monoisotopic (exact) mass is 533 g/mol. The van der Waals surface area contributed by atoms with Crippen molar-refractivity contribution >= 4 is 29.8 Å². The molecular weight excluding hydrogens is 498 g/mol. The molecule has 39 heavy (non-hydrogen) atoms. The summed E-state index contributed by atoms with van der Waals surface area (Å²) in [6.45, 7) is 4.30. The number of carbonyl (C=O) groups excluding carboxylic acids is 4. The molecule has 9 nitrogen and oxygen atoms in total. The van der Waals surface area contributed by atoms with Gasteiger partial charge in [0.05, 0.1) is 7.11 Å². The van der Waals surface area contributed by atoms with E-state index in [1.54, 1.807) is 18.2 Å². The van der Waals surface area contributed by atoms with E-state index in [4.69, 9.17) is 9.47 Å². The van der Waals surface area contributed by atoms with Crippen molar-refractivity contribution in [1.29, 1.82) is 0 Å².